The molecule has 6 heteroatoms. The van der Waals surface area contributed by atoms with Crippen molar-refractivity contribution in [2.45, 2.75) is 32.9 Å². The maximum absolute atomic E-state index is 13.7. The van der Waals surface area contributed by atoms with Crippen molar-refractivity contribution in [3.05, 3.63) is 29.6 Å². The molecule has 0 spiro atoms. The molecule has 1 aromatic rings. The molecule has 0 bridgehead atoms. The number of benzene rings is 1. The molecule has 1 aromatic carbocycles. The summed E-state index contributed by atoms with van der Waals surface area (Å²) >= 11 is 0. The molecule has 2 rings (SSSR count). The van der Waals surface area contributed by atoms with E-state index in [1.165, 1.54) is 13.2 Å². The van der Waals surface area contributed by atoms with Gasteiger partial charge in [0.15, 0.2) is 11.6 Å². The van der Waals surface area contributed by atoms with E-state index in [2.05, 4.69) is 15.1 Å². The van der Waals surface area contributed by atoms with Gasteiger partial charge in [0.1, 0.15) is 0 Å². The van der Waals surface area contributed by atoms with Crippen molar-refractivity contribution in [3.8, 4) is 5.75 Å². The van der Waals surface area contributed by atoms with Crippen LogP contribution in [0.2, 0.25) is 0 Å². The lowest BCUT2D eigenvalue weighted by atomic mass is 10.1. The monoisotopic (exact) mass is 337 g/mol. The number of carbonyl (C=O) groups excluding carboxylic acids is 1. The minimum atomic E-state index is -0.326. The first-order valence-electron chi connectivity index (χ1n) is 8.35. The predicted octanol–water partition coefficient (Wildman–Crippen LogP) is 1.87. The third-order valence-corrected chi connectivity index (χ3v) is 3.97. The second kappa shape index (κ2) is 7.94. The summed E-state index contributed by atoms with van der Waals surface area (Å²) in [6.07, 6.45) is 0. The van der Waals surface area contributed by atoms with Crippen molar-refractivity contribution in [2.24, 2.45) is 0 Å². The Kier molecular flexibility index (Phi) is 6.18. The molecule has 0 unspecified atom stereocenters. The number of amides is 1. The second-order valence-electron chi connectivity index (χ2n) is 7.32. The van der Waals surface area contributed by atoms with Crippen LogP contribution < -0.4 is 10.1 Å². The van der Waals surface area contributed by atoms with Crippen molar-refractivity contribution in [1.29, 1.82) is 0 Å². The quantitative estimate of drug-likeness (QED) is 0.891. The van der Waals surface area contributed by atoms with Crippen LogP contribution in [-0.4, -0.2) is 61.1 Å². The third-order valence-electron chi connectivity index (χ3n) is 3.97. The van der Waals surface area contributed by atoms with E-state index in [-0.39, 0.29) is 23.0 Å². The summed E-state index contributed by atoms with van der Waals surface area (Å²) in [6.45, 7) is 10.5. The molecule has 134 valence electrons. The molecule has 1 aliphatic heterocycles. The molecule has 1 fully saturated rings. The molecule has 1 amide bonds. The van der Waals surface area contributed by atoms with Crippen molar-refractivity contribution >= 4 is 5.91 Å². The maximum atomic E-state index is 13.7. The molecule has 1 saturated heterocycles. The number of hydrogen-bond donors (Lipinski definition) is 1. The smallest absolute Gasteiger partial charge is 0.234 e. The van der Waals surface area contributed by atoms with Crippen molar-refractivity contribution in [3.63, 3.8) is 0 Å². The minimum absolute atomic E-state index is 0.0631. The number of ether oxygens (including phenoxy) is 1. The Bertz CT molecular complexity index is 564. The van der Waals surface area contributed by atoms with Gasteiger partial charge in [-0.2, -0.15) is 0 Å². The van der Waals surface area contributed by atoms with Crippen LogP contribution in [0, 0.1) is 5.82 Å². The highest BCUT2D eigenvalue weighted by molar-refractivity contribution is 5.78. The number of piperazine rings is 1. The molecule has 5 nitrogen and oxygen atoms in total. The van der Waals surface area contributed by atoms with Crippen LogP contribution in [0.15, 0.2) is 18.2 Å². The average Bonchev–Trinajstić information content (AvgIpc) is 2.47. The highest BCUT2D eigenvalue weighted by Gasteiger charge is 2.21. The Morgan fingerprint density at radius 3 is 2.38 bits per heavy atom. The fourth-order valence-electron chi connectivity index (χ4n) is 2.83. The molecule has 0 radical (unpaired) electrons. The fourth-order valence-corrected chi connectivity index (χ4v) is 2.83. The first-order valence-corrected chi connectivity index (χ1v) is 8.35. The van der Waals surface area contributed by atoms with Gasteiger partial charge in [-0.05, 0) is 38.5 Å². The fraction of sp³-hybridized carbons (Fsp3) is 0.611. The lowest BCUT2D eigenvalue weighted by molar-refractivity contribution is -0.124. The van der Waals surface area contributed by atoms with Crippen LogP contribution in [0.3, 0.4) is 0 Å². The van der Waals surface area contributed by atoms with E-state index < -0.39 is 0 Å². The Morgan fingerprint density at radius 2 is 1.83 bits per heavy atom. The summed E-state index contributed by atoms with van der Waals surface area (Å²) in [4.78, 5) is 16.4. The first-order chi connectivity index (χ1) is 11.3. The van der Waals surface area contributed by atoms with Gasteiger partial charge in [-0.1, -0.05) is 6.07 Å². The lowest BCUT2D eigenvalue weighted by Crippen LogP contribution is -2.51. The third kappa shape index (κ3) is 5.76. The number of nitrogens with one attached hydrogen (secondary N) is 1. The van der Waals surface area contributed by atoms with Gasteiger partial charge in [0.05, 0.1) is 13.7 Å². The van der Waals surface area contributed by atoms with E-state index in [0.29, 0.717) is 13.1 Å². The van der Waals surface area contributed by atoms with E-state index in [1.807, 2.05) is 26.8 Å². The van der Waals surface area contributed by atoms with Gasteiger partial charge in [-0.25, -0.2) is 4.39 Å². The molecule has 0 aliphatic carbocycles. The van der Waals surface area contributed by atoms with Crippen molar-refractivity contribution in [2.75, 3.05) is 39.8 Å². The van der Waals surface area contributed by atoms with Gasteiger partial charge in [0.25, 0.3) is 0 Å². The van der Waals surface area contributed by atoms with E-state index in [9.17, 15) is 9.18 Å². The molecule has 0 atom stereocenters. The van der Waals surface area contributed by atoms with Crippen LogP contribution >= 0.6 is 0 Å². The van der Waals surface area contributed by atoms with Crippen molar-refractivity contribution in [1.82, 2.24) is 15.1 Å². The zero-order valence-corrected chi connectivity index (χ0v) is 15.1. The number of nitrogens with zero attached hydrogens (tertiary/aromatic N) is 2. The molecule has 24 heavy (non-hydrogen) atoms. The molecular weight excluding hydrogens is 309 g/mol. The highest BCUT2D eigenvalue weighted by Crippen LogP contribution is 2.19. The Balaban J connectivity index is 1.78. The molecule has 1 N–H and O–H groups in total. The molecular formula is C18H28FN3O2. The van der Waals surface area contributed by atoms with Crippen molar-refractivity contribution < 1.29 is 13.9 Å². The number of carbonyl (C=O) groups is 1. The SMILES string of the molecule is COc1ccc(CN2CCN(CC(=O)NC(C)(C)C)CC2)cc1F. The van der Waals surface area contributed by atoms with Crippen LogP contribution in [-0.2, 0) is 11.3 Å². The largest absolute Gasteiger partial charge is 0.494 e. The summed E-state index contributed by atoms with van der Waals surface area (Å²) in [5.74, 6) is 0.00842. The Morgan fingerprint density at radius 1 is 1.21 bits per heavy atom. The van der Waals surface area contributed by atoms with Gasteiger partial charge in [-0.3, -0.25) is 14.6 Å². The highest BCUT2D eigenvalue weighted by atomic mass is 19.1. The van der Waals surface area contributed by atoms with E-state index in [1.54, 1.807) is 6.07 Å². The summed E-state index contributed by atoms with van der Waals surface area (Å²) < 4.78 is 18.7. The van der Waals surface area contributed by atoms with Crippen LogP contribution in [0.4, 0.5) is 4.39 Å². The lowest BCUT2D eigenvalue weighted by Gasteiger charge is -2.35. The zero-order valence-electron chi connectivity index (χ0n) is 15.1. The number of halogens is 1. The average molecular weight is 337 g/mol. The molecule has 1 heterocycles. The van der Waals surface area contributed by atoms with Gasteiger partial charge < -0.3 is 10.1 Å². The summed E-state index contributed by atoms with van der Waals surface area (Å²) in [5.41, 5.74) is 0.740. The Hall–Kier alpha value is -1.66. The molecule has 0 aromatic heterocycles. The summed E-state index contributed by atoms with van der Waals surface area (Å²) in [7, 11) is 1.47. The normalized spacial score (nSPS) is 16.9. The predicted molar refractivity (Wildman–Crippen MR) is 92.6 cm³/mol. The van der Waals surface area contributed by atoms with Gasteiger partial charge in [0.2, 0.25) is 5.91 Å². The first kappa shape index (κ1) is 18.7. The van der Waals surface area contributed by atoms with Gasteiger partial charge in [-0.15, -0.1) is 0 Å². The summed E-state index contributed by atoms with van der Waals surface area (Å²) in [5, 5.41) is 2.99. The molecule has 1 aliphatic rings. The summed E-state index contributed by atoms with van der Waals surface area (Å²) in [6, 6.07) is 5.09. The van der Waals surface area contributed by atoms with E-state index in [4.69, 9.17) is 4.74 Å². The minimum Gasteiger partial charge on any atom is -0.494 e. The zero-order chi connectivity index (χ0) is 17.7. The second-order valence-corrected chi connectivity index (χ2v) is 7.32. The van der Waals surface area contributed by atoms with E-state index >= 15 is 0 Å². The number of methoxy groups -OCH3 is 1. The van der Waals surface area contributed by atoms with Crippen LogP contribution in [0.5, 0.6) is 5.75 Å². The van der Waals surface area contributed by atoms with Gasteiger partial charge in [0, 0.05) is 38.3 Å². The van der Waals surface area contributed by atoms with E-state index in [0.717, 1.165) is 31.7 Å². The maximum Gasteiger partial charge on any atom is 0.234 e. The number of hydrogen-bond acceptors (Lipinski definition) is 4. The van der Waals surface area contributed by atoms with Crippen LogP contribution in [0.25, 0.3) is 0 Å². The number of rotatable bonds is 5. The van der Waals surface area contributed by atoms with Crippen LogP contribution in [0.1, 0.15) is 26.3 Å². The molecule has 0 saturated carbocycles. The van der Waals surface area contributed by atoms with Gasteiger partial charge >= 0.3 is 0 Å². The Labute approximate surface area is 143 Å². The topological polar surface area (TPSA) is 44.8 Å². The standard InChI is InChI=1S/C18H28FN3O2/c1-18(2,3)20-17(23)13-22-9-7-21(8-10-22)12-14-5-6-16(24-4)15(19)11-14/h5-6,11H,7-10,12-13H2,1-4H3,(H,20,23).